The van der Waals surface area contributed by atoms with Crippen molar-refractivity contribution in [3.8, 4) is 0 Å². The van der Waals surface area contributed by atoms with Gasteiger partial charge < -0.3 is 5.32 Å². The van der Waals surface area contributed by atoms with Crippen LogP contribution >= 0.6 is 0 Å². The molecule has 1 saturated heterocycles. The molecular formula is C12H24N2. The summed E-state index contributed by atoms with van der Waals surface area (Å²) < 4.78 is 0. The predicted molar refractivity (Wildman–Crippen MR) is 60.5 cm³/mol. The average Bonchev–Trinajstić information content (AvgIpc) is 2.96. The number of hydrogen-bond acceptors (Lipinski definition) is 2. The second-order valence-electron chi connectivity index (χ2n) is 4.89. The van der Waals surface area contributed by atoms with Crippen LogP contribution in [0.25, 0.3) is 0 Å². The molecule has 14 heavy (non-hydrogen) atoms. The van der Waals surface area contributed by atoms with Crippen molar-refractivity contribution in [3.05, 3.63) is 0 Å². The van der Waals surface area contributed by atoms with E-state index in [1.165, 1.54) is 45.2 Å². The first kappa shape index (κ1) is 10.4. The number of nitrogens with one attached hydrogen (secondary N) is 1. The molecule has 2 aliphatic rings. The summed E-state index contributed by atoms with van der Waals surface area (Å²) in [6.45, 7) is 7.22. The molecule has 1 atom stereocenters. The maximum Gasteiger partial charge on any atom is 0.0209 e. The Morgan fingerprint density at radius 1 is 1.21 bits per heavy atom. The standard InChI is InChI=1S/C12H24N2/c1-3-10(4-2)13-11-7-8-14(9-11)12-5-6-12/h10-13H,3-9H2,1-2H3. The molecule has 2 nitrogen and oxygen atoms in total. The van der Waals surface area contributed by atoms with Crippen LogP contribution in [0.3, 0.4) is 0 Å². The maximum atomic E-state index is 3.79. The smallest absolute Gasteiger partial charge is 0.0209 e. The molecule has 2 rings (SSSR count). The molecule has 0 amide bonds. The lowest BCUT2D eigenvalue weighted by Crippen LogP contribution is -2.39. The van der Waals surface area contributed by atoms with Crippen LogP contribution in [0.2, 0.25) is 0 Å². The predicted octanol–water partition coefficient (Wildman–Crippen LogP) is 2.00. The summed E-state index contributed by atoms with van der Waals surface area (Å²) in [7, 11) is 0. The Hall–Kier alpha value is -0.0800. The topological polar surface area (TPSA) is 15.3 Å². The van der Waals surface area contributed by atoms with Crippen molar-refractivity contribution < 1.29 is 0 Å². The summed E-state index contributed by atoms with van der Waals surface area (Å²) in [6, 6.07) is 2.49. The van der Waals surface area contributed by atoms with E-state index >= 15 is 0 Å². The lowest BCUT2D eigenvalue weighted by atomic mass is 10.1. The molecule has 1 unspecified atom stereocenters. The molecule has 1 N–H and O–H groups in total. The van der Waals surface area contributed by atoms with Gasteiger partial charge in [-0.2, -0.15) is 0 Å². The number of rotatable bonds is 5. The molecule has 0 aromatic heterocycles. The van der Waals surface area contributed by atoms with Gasteiger partial charge in [0.1, 0.15) is 0 Å². The van der Waals surface area contributed by atoms with E-state index in [1.54, 1.807) is 0 Å². The van der Waals surface area contributed by atoms with E-state index in [0.717, 1.165) is 18.1 Å². The van der Waals surface area contributed by atoms with Crippen molar-refractivity contribution in [1.29, 1.82) is 0 Å². The third-order valence-corrected chi connectivity index (χ3v) is 3.74. The van der Waals surface area contributed by atoms with Gasteiger partial charge in [-0.3, -0.25) is 4.90 Å². The monoisotopic (exact) mass is 196 g/mol. The van der Waals surface area contributed by atoms with Crippen LogP contribution in [-0.2, 0) is 0 Å². The van der Waals surface area contributed by atoms with Crippen LogP contribution in [0.5, 0.6) is 0 Å². The molecule has 0 bridgehead atoms. The average molecular weight is 196 g/mol. The van der Waals surface area contributed by atoms with E-state index in [1.807, 2.05) is 0 Å². The quantitative estimate of drug-likeness (QED) is 0.723. The molecule has 0 aromatic rings. The van der Waals surface area contributed by atoms with E-state index < -0.39 is 0 Å². The fraction of sp³-hybridized carbons (Fsp3) is 1.00. The van der Waals surface area contributed by atoms with Gasteiger partial charge in [0.25, 0.3) is 0 Å². The van der Waals surface area contributed by atoms with Crippen LogP contribution in [0.4, 0.5) is 0 Å². The number of nitrogens with zero attached hydrogens (tertiary/aromatic N) is 1. The highest BCUT2D eigenvalue weighted by atomic mass is 15.2. The van der Waals surface area contributed by atoms with Gasteiger partial charge in [-0.1, -0.05) is 13.8 Å². The Bertz CT molecular complexity index is 173. The zero-order valence-electron chi connectivity index (χ0n) is 9.63. The Morgan fingerprint density at radius 2 is 1.93 bits per heavy atom. The second kappa shape index (κ2) is 4.63. The highest BCUT2D eigenvalue weighted by Crippen LogP contribution is 2.29. The fourth-order valence-electron chi connectivity index (χ4n) is 2.55. The lowest BCUT2D eigenvalue weighted by Gasteiger charge is -2.21. The first-order chi connectivity index (χ1) is 6.83. The summed E-state index contributed by atoms with van der Waals surface area (Å²) in [6.07, 6.45) is 6.83. The van der Waals surface area contributed by atoms with Crippen LogP contribution in [0.1, 0.15) is 46.0 Å². The van der Waals surface area contributed by atoms with E-state index in [2.05, 4.69) is 24.1 Å². The summed E-state index contributed by atoms with van der Waals surface area (Å²) in [5, 5.41) is 3.79. The van der Waals surface area contributed by atoms with E-state index in [4.69, 9.17) is 0 Å². The first-order valence-electron chi connectivity index (χ1n) is 6.33. The van der Waals surface area contributed by atoms with Crippen molar-refractivity contribution in [2.24, 2.45) is 0 Å². The van der Waals surface area contributed by atoms with Crippen molar-refractivity contribution in [3.63, 3.8) is 0 Å². The van der Waals surface area contributed by atoms with Crippen LogP contribution in [0, 0.1) is 0 Å². The molecule has 1 aliphatic heterocycles. The Balaban J connectivity index is 1.71. The van der Waals surface area contributed by atoms with Gasteiger partial charge in [0.05, 0.1) is 0 Å². The normalized spacial score (nSPS) is 28.9. The minimum Gasteiger partial charge on any atom is -0.310 e. The summed E-state index contributed by atoms with van der Waals surface area (Å²) in [5.41, 5.74) is 0. The van der Waals surface area contributed by atoms with Crippen molar-refractivity contribution in [2.75, 3.05) is 13.1 Å². The molecule has 2 heteroatoms. The lowest BCUT2D eigenvalue weighted by molar-refractivity contribution is 0.310. The van der Waals surface area contributed by atoms with Crippen molar-refractivity contribution in [1.82, 2.24) is 10.2 Å². The number of likely N-dealkylation sites (tertiary alicyclic amines) is 1. The summed E-state index contributed by atoms with van der Waals surface area (Å²) in [4.78, 5) is 2.68. The second-order valence-corrected chi connectivity index (χ2v) is 4.89. The molecule has 1 heterocycles. The Kier molecular flexibility index (Phi) is 3.45. The molecule has 0 radical (unpaired) electrons. The third kappa shape index (κ3) is 2.48. The van der Waals surface area contributed by atoms with Gasteiger partial charge in [0, 0.05) is 31.2 Å². The molecule has 0 spiro atoms. The fourth-order valence-corrected chi connectivity index (χ4v) is 2.55. The number of hydrogen-bond donors (Lipinski definition) is 1. The first-order valence-corrected chi connectivity index (χ1v) is 6.33. The molecule has 82 valence electrons. The van der Waals surface area contributed by atoms with E-state index in [0.29, 0.717) is 0 Å². The largest absolute Gasteiger partial charge is 0.310 e. The van der Waals surface area contributed by atoms with Gasteiger partial charge in [-0.05, 0) is 32.1 Å². The zero-order valence-corrected chi connectivity index (χ0v) is 9.63. The van der Waals surface area contributed by atoms with E-state index in [-0.39, 0.29) is 0 Å². The minimum absolute atomic E-state index is 0.749. The molecule has 0 aromatic carbocycles. The SMILES string of the molecule is CCC(CC)NC1CCN(C2CC2)C1. The molecule has 1 aliphatic carbocycles. The summed E-state index contributed by atoms with van der Waals surface area (Å²) in [5.74, 6) is 0. The third-order valence-electron chi connectivity index (χ3n) is 3.74. The zero-order chi connectivity index (χ0) is 9.97. The van der Waals surface area contributed by atoms with Gasteiger partial charge in [0.15, 0.2) is 0 Å². The van der Waals surface area contributed by atoms with Gasteiger partial charge in [-0.15, -0.1) is 0 Å². The molecular weight excluding hydrogens is 172 g/mol. The van der Waals surface area contributed by atoms with Crippen molar-refractivity contribution in [2.45, 2.75) is 64.1 Å². The highest BCUT2D eigenvalue weighted by molar-refractivity contribution is 4.92. The minimum atomic E-state index is 0.749. The van der Waals surface area contributed by atoms with Gasteiger partial charge >= 0.3 is 0 Å². The Morgan fingerprint density at radius 3 is 2.50 bits per heavy atom. The Labute approximate surface area is 88.1 Å². The van der Waals surface area contributed by atoms with Gasteiger partial charge in [-0.25, -0.2) is 0 Å². The maximum absolute atomic E-state index is 3.79. The van der Waals surface area contributed by atoms with Crippen molar-refractivity contribution >= 4 is 0 Å². The molecule has 2 fully saturated rings. The van der Waals surface area contributed by atoms with Crippen LogP contribution in [0.15, 0.2) is 0 Å². The van der Waals surface area contributed by atoms with Crippen LogP contribution < -0.4 is 5.32 Å². The summed E-state index contributed by atoms with van der Waals surface area (Å²) >= 11 is 0. The van der Waals surface area contributed by atoms with Crippen LogP contribution in [-0.4, -0.2) is 36.1 Å². The van der Waals surface area contributed by atoms with E-state index in [9.17, 15) is 0 Å². The van der Waals surface area contributed by atoms with Gasteiger partial charge in [0.2, 0.25) is 0 Å². The highest BCUT2D eigenvalue weighted by Gasteiger charge is 2.34. The molecule has 1 saturated carbocycles.